The van der Waals surface area contributed by atoms with Crippen LogP contribution in [-0.4, -0.2) is 501 Å². The number of carboxylic acids is 5. The van der Waals surface area contributed by atoms with Crippen LogP contribution in [0.2, 0.25) is 0 Å². The van der Waals surface area contributed by atoms with Crippen molar-refractivity contribution < 1.29 is 221 Å². The van der Waals surface area contributed by atoms with Crippen molar-refractivity contribution in [2.75, 3.05) is 402 Å². The lowest BCUT2D eigenvalue weighted by atomic mass is 10.3. The number of hydrogen-bond donors (Lipinski definition) is 6. The second kappa shape index (κ2) is 87.1. The number of alkyl halides is 6. The number of ether oxygens (including phenoxy) is 25. The van der Waals surface area contributed by atoms with Gasteiger partial charge < -0.3 is 149 Å². The van der Waals surface area contributed by atoms with Crippen LogP contribution in [0.3, 0.4) is 0 Å². The first-order chi connectivity index (χ1) is 62.1. The van der Waals surface area contributed by atoms with E-state index in [4.69, 9.17) is 133 Å². The molecule has 2 rings (SSSR count). The van der Waals surface area contributed by atoms with Gasteiger partial charge in [-0.3, -0.25) is 43.6 Å². The van der Waals surface area contributed by atoms with Gasteiger partial charge in [-0.15, -0.1) is 0 Å². The first kappa shape index (κ1) is 123. The van der Waals surface area contributed by atoms with Crippen LogP contribution in [0.5, 0.6) is 5.75 Å². The maximum Gasteiger partial charge on any atom is 0.490 e. The Morgan fingerprint density at radius 3 is 0.581 bits per heavy atom. The first-order valence-electron chi connectivity index (χ1n) is 41.4. The number of nitrogens with one attached hydrogen (secondary N) is 1. The van der Waals surface area contributed by atoms with Gasteiger partial charge in [-0.1, -0.05) is 0 Å². The van der Waals surface area contributed by atoms with E-state index in [1.807, 2.05) is 4.90 Å². The highest BCUT2D eigenvalue weighted by atomic mass is 19.4. The molecule has 1 aromatic carbocycles. The van der Waals surface area contributed by atoms with Crippen LogP contribution in [-0.2, 0) is 147 Å². The van der Waals surface area contributed by atoms with Crippen LogP contribution in [0.25, 0.3) is 0 Å². The van der Waals surface area contributed by atoms with Crippen LogP contribution < -0.4 is 10.1 Å². The highest BCUT2D eigenvalue weighted by molar-refractivity contribution is 5.78. The third-order valence-corrected chi connectivity index (χ3v) is 15.7. The molecule has 1 amide bonds. The number of carboxylic acid groups (broad SMARTS) is 5. The fourth-order valence-electron chi connectivity index (χ4n) is 9.43. The molecule has 6 N–H and O–H groups in total. The molecular weight excluding hydrogens is 1780 g/mol. The fraction of sp³-hybridized carbons (Fsp3) is 0.831. The Balaban J connectivity index is 0.0000107. The van der Waals surface area contributed by atoms with Gasteiger partial charge in [0.2, 0.25) is 23.3 Å². The summed E-state index contributed by atoms with van der Waals surface area (Å²) < 4.78 is 253. The Morgan fingerprint density at radius 2 is 0.419 bits per heavy atom. The molecule has 1 aliphatic rings. The average Bonchev–Trinajstić information content (AvgIpc) is 0.817. The topological polar surface area (TPSA) is 476 Å². The lowest BCUT2D eigenvalue weighted by Gasteiger charge is -2.32. The summed E-state index contributed by atoms with van der Waals surface area (Å²) in [7, 11) is 0. The van der Waals surface area contributed by atoms with Crippen molar-refractivity contribution in [2.45, 2.75) is 18.8 Å². The number of carbonyl (C=O) groups excluding carboxylic acids is 2. The zero-order chi connectivity index (χ0) is 95.2. The predicted octanol–water partition coefficient (Wildman–Crippen LogP) is 0.795. The van der Waals surface area contributed by atoms with Crippen molar-refractivity contribution in [3.8, 4) is 5.75 Å². The molecule has 0 aromatic heterocycles. The molecular formula is C77H131F10N5O37. The number of nitrogens with zero attached hydrogens (tertiary/aromatic N) is 4. The van der Waals surface area contributed by atoms with Gasteiger partial charge in [0.15, 0.2) is 11.6 Å². The predicted molar refractivity (Wildman–Crippen MR) is 425 cm³/mol. The van der Waals surface area contributed by atoms with E-state index in [1.165, 1.54) is 0 Å². The minimum absolute atomic E-state index is 0.0135. The third-order valence-electron chi connectivity index (χ3n) is 15.7. The van der Waals surface area contributed by atoms with Crippen LogP contribution in [0.4, 0.5) is 43.9 Å². The Kier molecular flexibility index (Phi) is 82.8. The molecule has 0 unspecified atom stereocenters. The molecule has 129 heavy (non-hydrogen) atoms. The lowest BCUT2D eigenvalue weighted by molar-refractivity contribution is -0.193. The van der Waals surface area contributed by atoms with Crippen molar-refractivity contribution in [3.05, 3.63) is 29.3 Å². The van der Waals surface area contributed by atoms with Gasteiger partial charge in [0.1, 0.15) is 0 Å². The van der Waals surface area contributed by atoms with Gasteiger partial charge in [-0.2, -0.15) is 35.1 Å². The Bertz CT molecular complexity index is 2820. The monoisotopic (exact) mass is 1910 g/mol. The minimum atomic E-state index is -5.08. The van der Waals surface area contributed by atoms with E-state index in [9.17, 15) is 83.2 Å². The van der Waals surface area contributed by atoms with Crippen molar-refractivity contribution in [1.29, 1.82) is 0 Å². The van der Waals surface area contributed by atoms with Gasteiger partial charge in [0, 0.05) is 65.0 Å². The Morgan fingerprint density at radius 1 is 0.264 bits per heavy atom. The number of benzene rings is 1. The summed E-state index contributed by atoms with van der Waals surface area (Å²) in [5.41, 5.74) is 0. The summed E-state index contributed by atoms with van der Waals surface area (Å²) in [6.45, 7) is 21.0. The van der Waals surface area contributed by atoms with E-state index in [2.05, 4.69) is 10.1 Å². The molecule has 0 bridgehead atoms. The molecule has 1 heterocycles. The smallest absolute Gasteiger partial charge is 0.480 e. The van der Waals surface area contributed by atoms with Crippen molar-refractivity contribution in [3.63, 3.8) is 0 Å². The highest BCUT2D eigenvalue weighted by Gasteiger charge is 2.39. The quantitative estimate of drug-likeness (QED) is 0.0173. The van der Waals surface area contributed by atoms with Crippen LogP contribution in [0, 0.1) is 23.3 Å². The minimum Gasteiger partial charge on any atom is -0.480 e. The lowest BCUT2D eigenvalue weighted by Crippen LogP contribution is -2.50. The zero-order valence-corrected chi connectivity index (χ0v) is 72.8. The summed E-state index contributed by atoms with van der Waals surface area (Å²) in [5, 5.41) is 45.3. The highest BCUT2D eigenvalue weighted by Crippen LogP contribution is 2.27. The van der Waals surface area contributed by atoms with E-state index in [-0.39, 0.29) is 90.8 Å². The molecule has 756 valence electrons. The van der Waals surface area contributed by atoms with Gasteiger partial charge >= 0.3 is 48.2 Å². The van der Waals surface area contributed by atoms with Gasteiger partial charge in [-0.05, 0) is 0 Å². The van der Waals surface area contributed by atoms with Gasteiger partial charge in [0.05, 0.1) is 350 Å². The molecule has 1 aliphatic heterocycles. The first-order valence-corrected chi connectivity index (χ1v) is 41.4. The van der Waals surface area contributed by atoms with Crippen LogP contribution in [0.1, 0.15) is 6.42 Å². The molecule has 0 saturated carbocycles. The molecule has 0 spiro atoms. The maximum atomic E-state index is 13.6. The fourth-order valence-corrected chi connectivity index (χ4v) is 9.43. The summed E-state index contributed by atoms with van der Waals surface area (Å²) in [6, 6.07) is 0.0135. The number of rotatable bonds is 84. The third kappa shape index (κ3) is 84.4. The van der Waals surface area contributed by atoms with Crippen LogP contribution >= 0.6 is 0 Å². The summed E-state index contributed by atoms with van der Waals surface area (Å²) >= 11 is 0. The van der Waals surface area contributed by atoms with E-state index < -0.39 is 83.6 Å². The molecule has 1 aromatic rings. The Hall–Kier alpha value is -6.31. The largest absolute Gasteiger partial charge is 0.490 e. The second-order valence-corrected chi connectivity index (χ2v) is 26.0. The number of halogens is 10. The van der Waals surface area contributed by atoms with Gasteiger partial charge in [-0.25, -0.2) is 18.4 Å². The standard InChI is InChI=1S/C73H129F4N5O33.2C2HF3O2/c74-64-59-65(75)72(77)73(71(64)76)115-70(90)1-11-91-13-15-93-17-19-95-21-23-97-25-27-99-29-31-101-33-35-103-37-39-105-41-43-107-45-47-109-49-51-111-53-55-113-57-58-114-56-54-112-52-50-110-48-46-108-44-42-106-40-38-104-36-34-102-32-30-100-28-26-98-24-22-96-20-18-94-16-14-92-12-2-78-66(83)60-79-3-5-80(61-67(84)85)7-9-82(63-69(88)89)10-8-81(6-4-79)62-68(86)87;2*3-2(4,5)1(6)7/h59H,1-58,60-63H2,(H,78,83)(H,84,85)(H,86,87)(H,88,89);2*(H,6,7). The number of aliphatic carboxylic acids is 5. The van der Waals surface area contributed by atoms with E-state index >= 15 is 0 Å². The van der Waals surface area contributed by atoms with E-state index in [1.54, 1.807) is 14.7 Å². The molecule has 1 saturated heterocycles. The summed E-state index contributed by atoms with van der Waals surface area (Å²) in [5.74, 6) is -18.4. The molecule has 0 radical (unpaired) electrons. The zero-order valence-electron chi connectivity index (χ0n) is 72.8. The maximum absolute atomic E-state index is 13.6. The number of carbonyl (C=O) groups is 7. The number of hydrogen-bond acceptors (Lipinski definition) is 36. The molecule has 52 heteroatoms. The van der Waals surface area contributed by atoms with Gasteiger partial charge in [0.25, 0.3) is 0 Å². The molecule has 42 nitrogen and oxygen atoms in total. The normalized spacial score (nSPS) is 13.4. The van der Waals surface area contributed by atoms with Crippen LogP contribution in [0.15, 0.2) is 6.07 Å². The molecule has 0 atom stereocenters. The Labute approximate surface area is 742 Å². The average molecular weight is 1910 g/mol. The summed E-state index contributed by atoms with van der Waals surface area (Å²) in [4.78, 5) is 83.8. The van der Waals surface area contributed by atoms with Crippen molar-refractivity contribution in [2.24, 2.45) is 0 Å². The van der Waals surface area contributed by atoms with Crippen molar-refractivity contribution >= 4 is 41.7 Å². The second-order valence-electron chi connectivity index (χ2n) is 26.0. The summed E-state index contributed by atoms with van der Waals surface area (Å²) in [6.07, 6.45) is -10.6. The number of amides is 1. The SMILES string of the molecule is O=C(O)C(F)(F)F.O=C(O)C(F)(F)F.O=C(O)CN1CCN(CC(=O)O)CCN(CC(=O)NCCOCCOCCOCCOCCOCCOCCOCCOCCOCCOCCOCCOCCOCCOCCOCCOCCOCCOCCOCCOCCOCCOCCOCCOCCC(=O)Oc2c(F)c(F)cc(F)c2F)CCN(CC(=O)O)CC1. The van der Waals surface area contributed by atoms with Crippen molar-refractivity contribution in [1.82, 2.24) is 24.9 Å². The van der Waals surface area contributed by atoms with E-state index in [0.29, 0.717) is 323 Å². The molecule has 1 fully saturated rings. The molecule has 0 aliphatic carbocycles. The number of esters is 1. The van der Waals surface area contributed by atoms with E-state index in [0.717, 1.165) is 0 Å².